The highest BCUT2D eigenvalue weighted by atomic mass is 32.2. The minimum absolute atomic E-state index is 0.130. The number of amides is 2. The van der Waals surface area contributed by atoms with E-state index in [9.17, 15) is 13.2 Å². The molecule has 0 radical (unpaired) electrons. The minimum atomic E-state index is -3.58. The normalized spacial score (nSPS) is 10.9. The van der Waals surface area contributed by atoms with Gasteiger partial charge in [-0.25, -0.2) is 17.9 Å². The van der Waals surface area contributed by atoms with Crippen molar-refractivity contribution >= 4 is 33.5 Å². The summed E-state index contributed by atoms with van der Waals surface area (Å²) in [4.78, 5) is 11.8. The van der Waals surface area contributed by atoms with Crippen LogP contribution in [0.25, 0.3) is 0 Å². The fraction of sp³-hybridized carbons (Fsp3) is 0.300. The van der Waals surface area contributed by atoms with Crippen molar-refractivity contribution in [2.75, 3.05) is 24.3 Å². The van der Waals surface area contributed by atoms with Gasteiger partial charge < -0.3 is 11.1 Å². The molecule has 0 fully saturated rings. The summed E-state index contributed by atoms with van der Waals surface area (Å²) in [5.41, 5.74) is 6.20. The molecule has 6 nitrogen and oxygen atoms in total. The Morgan fingerprint density at radius 1 is 1.33 bits per heavy atom. The first kappa shape index (κ1) is 14.7. The van der Waals surface area contributed by atoms with Gasteiger partial charge in [0.25, 0.3) is 0 Å². The molecular weight excluding hydrogens is 274 g/mol. The first-order chi connectivity index (χ1) is 8.43. The average molecular weight is 289 g/mol. The molecule has 0 atom stereocenters. The van der Waals surface area contributed by atoms with Crippen LogP contribution in [0.5, 0.6) is 0 Å². The maximum atomic E-state index is 11.4. The number of nitrogen functional groups attached to an aromatic ring is 1. The smallest absolute Gasteiger partial charge is 0.328 e. The number of anilines is 1. The van der Waals surface area contributed by atoms with Crippen LogP contribution in [0.15, 0.2) is 29.2 Å². The van der Waals surface area contributed by atoms with E-state index in [-0.39, 0.29) is 5.75 Å². The number of benzene rings is 1. The molecule has 0 heterocycles. The Balaban J connectivity index is 2.41. The molecule has 0 aliphatic heterocycles. The number of sulfonamides is 1. The monoisotopic (exact) mass is 289 g/mol. The van der Waals surface area contributed by atoms with E-state index in [4.69, 9.17) is 5.73 Å². The number of thioether (sulfide) groups is 1. The van der Waals surface area contributed by atoms with Gasteiger partial charge in [0.15, 0.2) is 0 Å². The molecule has 1 aromatic rings. The van der Waals surface area contributed by atoms with Crippen LogP contribution in [0, 0.1) is 0 Å². The SMILES string of the molecule is CNC(=O)NS(=O)(=O)CCSc1ccc(N)cc1. The van der Waals surface area contributed by atoms with Gasteiger partial charge in [-0.05, 0) is 24.3 Å². The molecular formula is C10H15N3O3S2. The van der Waals surface area contributed by atoms with Crippen LogP contribution in [-0.2, 0) is 10.0 Å². The molecule has 0 spiro atoms. The van der Waals surface area contributed by atoms with Crippen LogP contribution in [0.4, 0.5) is 10.5 Å². The predicted molar refractivity (Wildman–Crippen MR) is 73.0 cm³/mol. The Kier molecular flexibility index (Phi) is 5.29. The summed E-state index contributed by atoms with van der Waals surface area (Å²) in [6.07, 6.45) is 0. The Bertz CT molecular complexity index is 500. The molecule has 0 aliphatic rings. The van der Waals surface area contributed by atoms with Gasteiger partial charge in [-0.2, -0.15) is 0 Å². The Morgan fingerprint density at radius 2 is 1.94 bits per heavy atom. The lowest BCUT2D eigenvalue weighted by Gasteiger charge is -2.06. The van der Waals surface area contributed by atoms with Crippen LogP contribution < -0.4 is 15.8 Å². The van der Waals surface area contributed by atoms with Crippen molar-refractivity contribution in [1.29, 1.82) is 0 Å². The highest BCUT2D eigenvalue weighted by Gasteiger charge is 2.13. The van der Waals surface area contributed by atoms with E-state index >= 15 is 0 Å². The molecule has 1 rings (SSSR count). The highest BCUT2D eigenvalue weighted by molar-refractivity contribution is 8.00. The Labute approximate surface area is 110 Å². The van der Waals surface area contributed by atoms with Crippen molar-refractivity contribution in [1.82, 2.24) is 10.0 Å². The molecule has 4 N–H and O–H groups in total. The lowest BCUT2D eigenvalue weighted by molar-refractivity contribution is 0.248. The number of hydrogen-bond acceptors (Lipinski definition) is 5. The standard InChI is InChI=1S/C10H15N3O3S2/c1-12-10(14)13-18(15,16)7-6-17-9-4-2-8(11)3-5-9/h2-5H,6-7,11H2,1H3,(H2,12,13,14). The molecule has 0 bridgehead atoms. The second-order valence-corrected chi connectivity index (χ2v) is 6.43. The number of carbonyl (C=O) groups excluding carboxylic acids is 1. The first-order valence-electron chi connectivity index (χ1n) is 5.13. The second-order valence-electron chi connectivity index (χ2n) is 3.42. The summed E-state index contributed by atoms with van der Waals surface area (Å²) in [7, 11) is -2.22. The van der Waals surface area contributed by atoms with E-state index in [0.717, 1.165) is 4.90 Å². The zero-order valence-corrected chi connectivity index (χ0v) is 11.5. The Morgan fingerprint density at radius 3 is 2.50 bits per heavy atom. The number of nitrogens with two attached hydrogens (primary N) is 1. The van der Waals surface area contributed by atoms with Crippen LogP contribution in [-0.4, -0.2) is 33.0 Å². The van der Waals surface area contributed by atoms with Crippen molar-refractivity contribution in [3.8, 4) is 0 Å². The maximum Gasteiger partial charge on any atom is 0.328 e. The minimum Gasteiger partial charge on any atom is -0.399 e. The van der Waals surface area contributed by atoms with E-state index < -0.39 is 16.1 Å². The third kappa shape index (κ3) is 5.28. The van der Waals surface area contributed by atoms with Crippen molar-refractivity contribution in [3.05, 3.63) is 24.3 Å². The lowest BCUT2D eigenvalue weighted by atomic mass is 10.3. The summed E-state index contributed by atoms with van der Waals surface area (Å²) in [5, 5.41) is 2.19. The van der Waals surface area contributed by atoms with Gasteiger partial charge in [-0.1, -0.05) is 0 Å². The van der Waals surface area contributed by atoms with E-state index in [0.29, 0.717) is 11.4 Å². The van der Waals surface area contributed by atoms with Gasteiger partial charge in [0.1, 0.15) is 0 Å². The number of urea groups is 1. The van der Waals surface area contributed by atoms with Crippen LogP contribution in [0.3, 0.4) is 0 Å². The molecule has 0 unspecified atom stereocenters. The zero-order valence-electron chi connectivity index (χ0n) is 9.84. The molecule has 18 heavy (non-hydrogen) atoms. The van der Waals surface area contributed by atoms with Crippen LogP contribution >= 0.6 is 11.8 Å². The van der Waals surface area contributed by atoms with Gasteiger partial charge in [-0.3, -0.25) is 0 Å². The molecule has 2 amide bonds. The molecule has 0 aromatic heterocycles. The third-order valence-corrected chi connectivity index (χ3v) is 4.49. The lowest BCUT2D eigenvalue weighted by Crippen LogP contribution is -2.39. The van der Waals surface area contributed by atoms with Crippen molar-refractivity contribution in [2.24, 2.45) is 0 Å². The molecule has 0 saturated heterocycles. The molecule has 1 aromatic carbocycles. The summed E-state index contributed by atoms with van der Waals surface area (Å²) >= 11 is 1.38. The second kappa shape index (κ2) is 6.50. The average Bonchev–Trinajstić information content (AvgIpc) is 2.31. The van der Waals surface area contributed by atoms with Crippen molar-refractivity contribution in [3.63, 3.8) is 0 Å². The third-order valence-electron chi connectivity index (χ3n) is 1.98. The molecule has 100 valence electrons. The number of hydrogen-bond donors (Lipinski definition) is 3. The summed E-state index contributed by atoms with van der Waals surface area (Å²) < 4.78 is 24.8. The van der Waals surface area contributed by atoms with Crippen LogP contribution in [0.2, 0.25) is 0 Å². The van der Waals surface area contributed by atoms with Crippen LogP contribution in [0.1, 0.15) is 0 Å². The number of nitrogens with one attached hydrogen (secondary N) is 2. The summed E-state index contributed by atoms with van der Waals surface area (Å²) in [6.45, 7) is 0. The molecule has 0 saturated carbocycles. The predicted octanol–water partition coefficient (Wildman–Crippen LogP) is 0.620. The zero-order chi connectivity index (χ0) is 13.6. The quantitative estimate of drug-likeness (QED) is 0.545. The molecule has 8 heteroatoms. The highest BCUT2D eigenvalue weighted by Crippen LogP contribution is 2.19. The van der Waals surface area contributed by atoms with Gasteiger partial charge in [-0.15, -0.1) is 11.8 Å². The van der Waals surface area contributed by atoms with Crippen molar-refractivity contribution < 1.29 is 13.2 Å². The fourth-order valence-electron chi connectivity index (χ4n) is 1.08. The summed E-state index contributed by atoms with van der Waals surface area (Å²) in [6, 6.07) is 6.41. The van der Waals surface area contributed by atoms with E-state index in [1.54, 1.807) is 12.1 Å². The van der Waals surface area contributed by atoms with Gasteiger partial charge >= 0.3 is 6.03 Å². The van der Waals surface area contributed by atoms with Crippen molar-refractivity contribution in [2.45, 2.75) is 4.90 Å². The van der Waals surface area contributed by atoms with Gasteiger partial charge in [0.2, 0.25) is 10.0 Å². The number of rotatable bonds is 5. The first-order valence-corrected chi connectivity index (χ1v) is 7.77. The molecule has 0 aliphatic carbocycles. The maximum absolute atomic E-state index is 11.4. The Hall–Kier alpha value is -1.41. The fourth-order valence-corrected chi connectivity index (χ4v) is 3.34. The van der Waals surface area contributed by atoms with E-state index in [1.807, 2.05) is 16.9 Å². The van der Waals surface area contributed by atoms with Gasteiger partial charge in [0.05, 0.1) is 5.75 Å². The van der Waals surface area contributed by atoms with E-state index in [1.165, 1.54) is 18.8 Å². The van der Waals surface area contributed by atoms with E-state index in [2.05, 4.69) is 5.32 Å². The number of carbonyl (C=O) groups is 1. The van der Waals surface area contributed by atoms with Gasteiger partial charge in [0, 0.05) is 23.4 Å². The topological polar surface area (TPSA) is 101 Å². The largest absolute Gasteiger partial charge is 0.399 e. The summed E-state index contributed by atoms with van der Waals surface area (Å²) in [5.74, 6) is 0.228.